The Morgan fingerprint density at radius 2 is 1.88 bits per heavy atom. The van der Waals surface area contributed by atoms with Crippen LogP contribution in [0.4, 0.5) is 8.78 Å². The van der Waals surface area contributed by atoms with Crippen molar-refractivity contribution in [3.05, 3.63) is 52.0 Å². The highest BCUT2D eigenvalue weighted by molar-refractivity contribution is 7.89. The summed E-state index contributed by atoms with van der Waals surface area (Å²) in [7, 11) is -2.52. The highest BCUT2D eigenvalue weighted by Crippen LogP contribution is 2.30. The van der Waals surface area contributed by atoms with Crippen molar-refractivity contribution in [1.82, 2.24) is 4.72 Å². The maximum absolute atomic E-state index is 12.3. The van der Waals surface area contributed by atoms with Gasteiger partial charge in [-0.3, -0.25) is 0 Å². The lowest BCUT2D eigenvalue weighted by molar-refractivity contribution is -0.0512. The van der Waals surface area contributed by atoms with E-state index in [0.717, 1.165) is 0 Å². The van der Waals surface area contributed by atoms with Crippen LogP contribution in [0.5, 0.6) is 11.5 Å². The van der Waals surface area contributed by atoms with Crippen LogP contribution in [0.3, 0.4) is 0 Å². The molecule has 0 atom stereocenters. The van der Waals surface area contributed by atoms with Gasteiger partial charge in [0.05, 0.1) is 17.2 Å². The summed E-state index contributed by atoms with van der Waals surface area (Å²) >= 11 is 11.8. The van der Waals surface area contributed by atoms with E-state index in [1.807, 2.05) is 0 Å². The average molecular weight is 426 g/mol. The Bertz CT molecular complexity index is 879. The van der Waals surface area contributed by atoms with Gasteiger partial charge in [0.15, 0.2) is 11.5 Å². The van der Waals surface area contributed by atoms with Gasteiger partial charge in [-0.05, 0) is 36.2 Å². The molecule has 0 aromatic heterocycles. The first kappa shape index (κ1) is 20.7. The first-order chi connectivity index (χ1) is 12.2. The van der Waals surface area contributed by atoms with Crippen LogP contribution < -0.4 is 14.2 Å². The average Bonchev–Trinajstić information content (AvgIpc) is 2.57. The fourth-order valence-corrected chi connectivity index (χ4v) is 3.95. The van der Waals surface area contributed by atoms with Crippen LogP contribution in [0, 0.1) is 0 Å². The molecule has 0 heterocycles. The van der Waals surface area contributed by atoms with E-state index in [-0.39, 0.29) is 33.0 Å². The summed E-state index contributed by atoms with van der Waals surface area (Å²) < 4.78 is 61.0. The first-order valence-corrected chi connectivity index (χ1v) is 9.54. The Balaban J connectivity index is 2.06. The zero-order chi connectivity index (χ0) is 19.3. The second-order valence-corrected chi connectivity index (χ2v) is 7.58. The Labute approximate surface area is 159 Å². The van der Waals surface area contributed by atoms with Crippen LogP contribution in [0.25, 0.3) is 0 Å². The first-order valence-electron chi connectivity index (χ1n) is 7.30. The Kier molecular flexibility index (Phi) is 7.05. The van der Waals surface area contributed by atoms with Crippen LogP contribution in [0.15, 0.2) is 41.3 Å². The number of hydrogen-bond acceptors (Lipinski definition) is 4. The van der Waals surface area contributed by atoms with Gasteiger partial charge in [-0.25, -0.2) is 13.1 Å². The molecule has 2 aromatic carbocycles. The molecule has 26 heavy (non-hydrogen) atoms. The van der Waals surface area contributed by atoms with E-state index in [1.54, 1.807) is 6.07 Å². The van der Waals surface area contributed by atoms with E-state index >= 15 is 0 Å². The zero-order valence-electron chi connectivity index (χ0n) is 13.5. The lowest BCUT2D eigenvalue weighted by Gasteiger charge is -2.12. The number of rotatable bonds is 8. The van der Waals surface area contributed by atoms with Gasteiger partial charge in [0.2, 0.25) is 10.0 Å². The van der Waals surface area contributed by atoms with Gasteiger partial charge in [-0.15, -0.1) is 0 Å². The van der Waals surface area contributed by atoms with Crippen LogP contribution >= 0.6 is 23.2 Å². The third-order valence-corrected chi connectivity index (χ3v) is 5.79. The van der Waals surface area contributed by atoms with Crippen LogP contribution in [-0.2, 0) is 16.4 Å². The Morgan fingerprint density at radius 1 is 1.15 bits per heavy atom. The minimum Gasteiger partial charge on any atom is -0.493 e. The SMILES string of the molecule is COc1cc(CCNS(=O)(=O)c2cccc(Cl)c2Cl)ccc1OC(F)F. The molecule has 10 heteroatoms. The molecule has 0 unspecified atom stereocenters. The molecule has 0 radical (unpaired) electrons. The van der Waals surface area contributed by atoms with E-state index in [0.29, 0.717) is 12.0 Å². The lowest BCUT2D eigenvalue weighted by atomic mass is 10.1. The van der Waals surface area contributed by atoms with Crippen LogP contribution in [0.1, 0.15) is 5.56 Å². The number of sulfonamides is 1. The van der Waals surface area contributed by atoms with Gasteiger partial charge < -0.3 is 9.47 Å². The molecule has 2 rings (SSSR count). The summed E-state index contributed by atoms with van der Waals surface area (Å²) in [5.41, 5.74) is 0.670. The lowest BCUT2D eigenvalue weighted by Crippen LogP contribution is -2.26. The predicted molar refractivity (Wildman–Crippen MR) is 95.0 cm³/mol. The van der Waals surface area contributed by atoms with Crippen molar-refractivity contribution in [2.75, 3.05) is 13.7 Å². The molecule has 5 nitrogen and oxygen atoms in total. The third-order valence-electron chi connectivity index (χ3n) is 3.36. The van der Waals surface area contributed by atoms with E-state index in [1.165, 1.54) is 37.4 Å². The molecular weight excluding hydrogens is 411 g/mol. The largest absolute Gasteiger partial charge is 0.493 e. The highest BCUT2D eigenvalue weighted by Gasteiger charge is 2.19. The minimum atomic E-state index is -3.84. The van der Waals surface area contributed by atoms with Crippen molar-refractivity contribution in [3.63, 3.8) is 0 Å². The van der Waals surface area contributed by atoms with E-state index in [9.17, 15) is 17.2 Å². The molecular formula is C16H15Cl2F2NO4S. The van der Waals surface area contributed by atoms with Crippen molar-refractivity contribution in [2.24, 2.45) is 0 Å². The van der Waals surface area contributed by atoms with Gasteiger partial charge in [-0.1, -0.05) is 35.3 Å². The molecule has 0 aliphatic carbocycles. The van der Waals surface area contributed by atoms with Crippen molar-refractivity contribution in [2.45, 2.75) is 17.9 Å². The number of ether oxygens (including phenoxy) is 2. The van der Waals surface area contributed by atoms with Crippen LogP contribution in [0.2, 0.25) is 10.0 Å². The summed E-state index contributed by atoms with van der Waals surface area (Å²) in [5.74, 6) is 0.0288. The maximum atomic E-state index is 12.3. The summed E-state index contributed by atoms with van der Waals surface area (Å²) in [6.07, 6.45) is 0.294. The molecule has 0 aliphatic heterocycles. The molecule has 1 N–H and O–H groups in total. The molecule has 0 fully saturated rings. The molecule has 0 saturated heterocycles. The van der Waals surface area contributed by atoms with Gasteiger partial charge in [0.1, 0.15) is 4.90 Å². The summed E-state index contributed by atoms with van der Waals surface area (Å²) in [6, 6.07) is 8.69. The van der Waals surface area contributed by atoms with Gasteiger partial charge in [-0.2, -0.15) is 8.78 Å². The molecule has 0 spiro atoms. The number of hydrogen-bond donors (Lipinski definition) is 1. The fraction of sp³-hybridized carbons (Fsp3) is 0.250. The standard InChI is InChI=1S/C16H15Cl2F2NO4S/c1-24-13-9-10(5-6-12(13)25-16(19)20)7-8-21-26(22,23)14-4-2-3-11(17)15(14)18/h2-6,9,16,21H,7-8H2,1H3. The smallest absolute Gasteiger partial charge is 0.387 e. The molecule has 2 aromatic rings. The fourth-order valence-electron chi connectivity index (χ4n) is 2.16. The highest BCUT2D eigenvalue weighted by atomic mass is 35.5. The quantitative estimate of drug-likeness (QED) is 0.690. The second-order valence-electron chi connectivity index (χ2n) is 5.06. The van der Waals surface area contributed by atoms with E-state index in [4.69, 9.17) is 27.9 Å². The molecule has 0 saturated carbocycles. The topological polar surface area (TPSA) is 64.6 Å². The van der Waals surface area contributed by atoms with Gasteiger partial charge in [0, 0.05) is 6.54 Å². The third kappa shape index (κ3) is 5.20. The number of benzene rings is 2. The van der Waals surface area contributed by atoms with Crippen molar-refractivity contribution in [3.8, 4) is 11.5 Å². The number of methoxy groups -OCH3 is 1. The zero-order valence-corrected chi connectivity index (χ0v) is 15.8. The number of alkyl halides is 2. The van der Waals surface area contributed by atoms with Crippen LogP contribution in [-0.4, -0.2) is 28.7 Å². The molecule has 142 valence electrons. The Morgan fingerprint density at radius 3 is 2.54 bits per heavy atom. The van der Waals surface area contributed by atoms with Crippen molar-refractivity contribution < 1.29 is 26.7 Å². The van der Waals surface area contributed by atoms with Gasteiger partial charge in [0.25, 0.3) is 0 Å². The number of nitrogens with one attached hydrogen (secondary N) is 1. The van der Waals surface area contributed by atoms with E-state index in [2.05, 4.69) is 9.46 Å². The maximum Gasteiger partial charge on any atom is 0.387 e. The van der Waals surface area contributed by atoms with E-state index < -0.39 is 16.6 Å². The van der Waals surface area contributed by atoms with Gasteiger partial charge >= 0.3 is 6.61 Å². The predicted octanol–water partition coefficient (Wildman–Crippen LogP) is 4.12. The number of halogens is 4. The summed E-state index contributed by atoms with van der Waals surface area (Å²) in [6.45, 7) is -2.91. The molecule has 0 amide bonds. The van der Waals surface area contributed by atoms with Crippen molar-refractivity contribution >= 4 is 33.2 Å². The normalized spacial score (nSPS) is 11.6. The summed E-state index contributed by atoms with van der Waals surface area (Å²) in [5, 5.41) is 0.0748. The Hall–Kier alpha value is -1.61. The van der Waals surface area contributed by atoms with Crippen molar-refractivity contribution in [1.29, 1.82) is 0 Å². The second kappa shape index (κ2) is 8.85. The molecule has 0 bridgehead atoms. The molecule has 0 aliphatic rings. The monoisotopic (exact) mass is 425 g/mol. The minimum absolute atomic E-state index is 0.0585. The summed E-state index contributed by atoms with van der Waals surface area (Å²) in [4.78, 5) is -0.120.